The van der Waals surface area contributed by atoms with Gasteiger partial charge in [-0.1, -0.05) is 6.07 Å². The van der Waals surface area contributed by atoms with Gasteiger partial charge in [0.25, 0.3) is 0 Å². The smallest absolute Gasteiger partial charge is 0.144 e. The first kappa shape index (κ1) is 10.6. The fourth-order valence-corrected chi connectivity index (χ4v) is 1.74. The van der Waals surface area contributed by atoms with Crippen molar-refractivity contribution in [3.8, 4) is 11.8 Å². The van der Waals surface area contributed by atoms with Crippen molar-refractivity contribution in [2.45, 2.75) is 6.61 Å². The number of halogens is 1. The lowest BCUT2D eigenvalue weighted by Crippen LogP contribution is -1.98. The Morgan fingerprint density at radius 1 is 1.50 bits per heavy atom. The van der Waals surface area contributed by atoms with E-state index in [1.807, 2.05) is 5.38 Å². The van der Waals surface area contributed by atoms with Crippen LogP contribution >= 0.6 is 11.3 Å². The molecule has 1 aromatic heterocycles. The molecule has 0 atom stereocenters. The van der Waals surface area contributed by atoms with Crippen LogP contribution in [0, 0.1) is 17.1 Å². The van der Waals surface area contributed by atoms with Gasteiger partial charge in [-0.15, -0.1) is 11.3 Å². The monoisotopic (exact) mass is 234 g/mol. The predicted molar refractivity (Wildman–Crippen MR) is 57.6 cm³/mol. The van der Waals surface area contributed by atoms with Gasteiger partial charge in [-0.25, -0.2) is 9.37 Å². The van der Waals surface area contributed by atoms with Crippen molar-refractivity contribution in [1.29, 1.82) is 5.26 Å². The SMILES string of the molecule is N#Cc1c(F)cccc1OCc1cscn1. The van der Waals surface area contributed by atoms with Crippen molar-refractivity contribution in [2.75, 3.05) is 0 Å². The van der Waals surface area contributed by atoms with Crippen LogP contribution in [0.4, 0.5) is 4.39 Å². The first-order valence-electron chi connectivity index (χ1n) is 4.49. The lowest BCUT2D eigenvalue weighted by atomic mass is 10.2. The topological polar surface area (TPSA) is 45.9 Å². The third-order valence-electron chi connectivity index (χ3n) is 1.95. The molecule has 0 aliphatic heterocycles. The van der Waals surface area contributed by atoms with Gasteiger partial charge in [0.1, 0.15) is 29.8 Å². The first-order chi connectivity index (χ1) is 7.81. The number of benzene rings is 1. The molecule has 2 rings (SSSR count). The van der Waals surface area contributed by atoms with E-state index >= 15 is 0 Å². The summed E-state index contributed by atoms with van der Waals surface area (Å²) in [7, 11) is 0. The minimum atomic E-state index is -0.571. The van der Waals surface area contributed by atoms with Gasteiger partial charge in [0.05, 0.1) is 11.2 Å². The van der Waals surface area contributed by atoms with Crippen LogP contribution in [0.1, 0.15) is 11.3 Å². The second-order valence-corrected chi connectivity index (χ2v) is 3.71. The van der Waals surface area contributed by atoms with Crippen LogP contribution < -0.4 is 4.74 Å². The number of nitriles is 1. The van der Waals surface area contributed by atoms with Crippen molar-refractivity contribution in [3.05, 3.63) is 46.2 Å². The van der Waals surface area contributed by atoms with E-state index in [4.69, 9.17) is 10.00 Å². The zero-order chi connectivity index (χ0) is 11.4. The zero-order valence-corrected chi connectivity index (χ0v) is 9.00. The predicted octanol–water partition coefficient (Wildman–Crippen LogP) is 2.73. The Bertz CT molecular complexity index is 519. The summed E-state index contributed by atoms with van der Waals surface area (Å²) in [4.78, 5) is 4.03. The van der Waals surface area contributed by atoms with E-state index in [1.165, 1.54) is 23.5 Å². The lowest BCUT2D eigenvalue weighted by Gasteiger charge is -2.06. The third-order valence-corrected chi connectivity index (χ3v) is 2.58. The highest BCUT2D eigenvalue weighted by molar-refractivity contribution is 7.07. The van der Waals surface area contributed by atoms with Crippen LogP contribution in [0.15, 0.2) is 29.1 Å². The molecule has 0 aliphatic carbocycles. The van der Waals surface area contributed by atoms with Gasteiger partial charge in [0, 0.05) is 5.38 Å². The molecule has 0 N–H and O–H groups in total. The number of aromatic nitrogens is 1. The van der Waals surface area contributed by atoms with E-state index in [0.29, 0.717) is 0 Å². The quantitative estimate of drug-likeness (QED) is 0.820. The van der Waals surface area contributed by atoms with Crippen molar-refractivity contribution >= 4 is 11.3 Å². The van der Waals surface area contributed by atoms with Gasteiger partial charge in [0.2, 0.25) is 0 Å². The first-order valence-corrected chi connectivity index (χ1v) is 5.44. The maximum atomic E-state index is 13.2. The maximum Gasteiger partial charge on any atom is 0.144 e. The van der Waals surface area contributed by atoms with Gasteiger partial charge in [0.15, 0.2) is 0 Å². The summed E-state index contributed by atoms with van der Waals surface area (Å²) in [5.74, 6) is -0.325. The van der Waals surface area contributed by atoms with E-state index in [2.05, 4.69) is 4.98 Å². The van der Waals surface area contributed by atoms with Gasteiger partial charge in [-0.3, -0.25) is 0 Å². The molecule has 0 unspecified atom stereocenters. The second-order valence-electron chi connectivity index (χ2n) is 2.99. The molecule has 0 fully saturated rings. The molecule has 0 radical (unpaired) electrons. The number of hydrogen-bond donors (Lipinski definition) is 0. The highest BCUT2D eigenvalue weighted by Gasteiger charge is 2.08. The van der Waals surface area contributed by atoms with Gasteiger partial charge < -0.3 is 4.74 Å². The highest BCUT2D eigenvalue weighted by atomic mass is 32.1. The summed E-state index contributed by atoms with van der Waals surface area (Å²) < 4.78 is 18.5. The Morgan fingerprint density at radius 3 is 3.06 bits per heavy atom. The normalized spacial score (nSPS) is 9.75. The van der Waals surface area contributed by atoms with E-state index in [-0.39, 0.29) is 17.9 Å². The summed E-state index contributed by atoms with van der Waals surface area (Å²) >= 11 is 1.46. The fraction of sp³-hybridized carbons (Fsp3) is 0.0909. The summed E-state index contributed by atoms with van der Waals surface area (Å²) in [5, 5.41) is 10.6. The number of hydrogen-bond acceptors (Lipinski definition) is 4. The van der Waals surface area contributed by atoms with Crippen molar-refractivity contribution in [2.24, 2.45) is 0 Å². The highest BCUT2D eigenvalue weighted by Crippen LogP contribution is 2.21. The minimum Gasteiger partial charge on any atom is -0.486 e. The van der Waals surface area contributed by atoms with E-state index in [1.54, 1.807) is 17.6 Å². The lowest BCUT2D eigenvalue weighted by molar-refractivity contribution is 0.299. The van der Waals surface area contributed by atoms with Crippen molar-refractivity contribution < 1.29 is 9.13 Å². The van der Waals surface area contributed by atoms with E-state index in [0.717, 1.165) is 5.69 Å². The van der Waals surface area contributed by atoms with Crippen LogP contribution in [0.2, 0.25) is 0 Å². The number of rotatable bonds is 3. The molecule has 0 bridgehead atoms. The Labute approximate surface area is 95.8 Å². The summed E-state index contributed by atoms with van der Waals surface area (Å²) in [6, 6.07) is 6.08. The minimum absolute atomic E-state index is 0.0715. The molecule has 1 heterocycles. The summed E-state index contributed by atoms with van der Waals surface area (Å²) in [5.41, 5.74) is 2.38. The molecule has 1 aromatic carbocycles. The average Bonchev–Trinajstić information content (AvgIpc) is 2.79. The molecular formula is C11H7FN2OS. The largest absolute Gasteiger partial charge is 0.486 e. The van der Waals surface area contributed by atoms with E-state index < -0.39 is 5.82 Å². The number of ether oxygens (including phenoxy) is 1. The Morgan fingerprint density at radius 2 is 2.38 bits per heavy atom. The maximum absolute atomic E-state index is 13.2. The van der Waals surface area contributed by atoms with Gasteiger partial charge in [-0.2, -0.15) is 5.26 Å². The molecule has 0 aliphatic rings. The molecule has 3 nitrogen and oxygen atoms in total. The van der Waals surface area contributed by atoms with Crippen LogP contribution in [0.5, 0.6) is 5.75 Å². The molecule has 0 amide bonds. The second kappa shape index (κ2) is 4.73. The molecule has 16 heavy (non-hydrogen) atoms. The molecule has 0 spiro atoms. The Kier molecular flexibility index (Phi) is 3.13. The van der Waals surface area contributed by atoms with Gasteiger partial charge >= 0.3 is 0 Å². The molecular weight excluding hydrogens is 227 g/mol. The fourth-order valence-electron chi connectivity index (χ4n) is 1.19. The van der Waals surface area contributed by atoms with Crippen LogP contribution in [-0.2, 0) is 6.61 Å². The van der Waals surface area contributed by atoms with Crippen molar-refractivity contribution in [1.82, 2.24) is 4.98 Å². The van der Waals surface area contributed by atoms with Crippen molar-refractivity contribution in [3.63, 3.8) is 0 Å². The molecule has 0 saturated carbocycles. The average molecular weight is 234 g/mol. The summed E-state index contributed by atoms with van der Waals surface area (Å²) in [6.07, 6.45) is 0. The molecule has 0 saturated heterocycles. The molecule has 80 valence electrons. The summed E-state index contributed by atoms with van der Waals surface area (Å²) in [6.45, 7) is 0.238. The zero-order valence-electron chi connectivity index (χ0n) is 8.18. The van der Waals surface area contributed by atoms with Gasteiger partial charge in [-0.05, 0) is 12.1 Å². The standard InChI is InChI=1S/C11H7FN2OS/c12-10-2-1-3-11(9(10)4-13)15-5-8-6-16-7-14-8/h1-3,6-7H,5H2. The number of nitrogens with zero attached hydrogens (tertiary/aromatic N) is 2. The Hall–Kier alpha value is -1.93. The van der Waals surface area contributed by atoms with E-state index in [9.17, 15) is 4.39 Å². The number of thiazole rings is 1. The molecule has 5 heteroatoms. The van der Waals surface area contributed by atoms with Crippen LogP contribution in [0.3, 0.4) is 0 Å². The molecule has 2 aromatic rings. The Balaban J connectivity index is 2.16. The van der Waals surface area contributed by atoms with Crippen LogP contribution in [-0.4, -0.2) is 4.98 Å². The van der Waals surface area contributed by atoms with Crippen LogP contribution in [0.25, 0.3) is 0 Å². The third kappa shape index (κ3) is 2.18.